The highest BCUT2D eigenvalue weighted by molar-refractivity contribution is 7.71. The van der Waals surface area contributed by atoms with Crippen LogP contribution in [0.15, 0.2) is 17.3 Å². The fourth-order valence-corrected chi connectivity index (χ4v) is 2.23. The van der Waals surface area contributed by atoms with Gasteiger partial charge in [-0.15, -0.1) is 0 Å². The van der Waals surface area contributed by atoms with E-state index in [0.29, 0.717) is 6.61 Å². The van der Waals surface area contributed by atoms with E-state index >= 15 is 0 Å². The molecule has 1 radical (unpaired) electrons. The topological polar surface area (TPSA) is 55.7 Å². The molecule has 0 aromatic heterocycles. The Morgan fingerprint density at radius 2 is 2.38 bits per heavy atom. The summed E-state index contributed by atoms with van der Waals surface area (Å²) >= 11 is 0. The number of thiol groups is 1. The first-order valence-corrected chi connectivity index (χ1v) is 6.35. The van der Waals surface area contributed by atoms with Gasteiger partial charge in [0.1, 0.15) is 17.3 Å². The predicted molar refractivity (Wildman–Crippen MR) is 61.1 cm³/mol. The molecule has 0 bridgehead atoms. The minimum atomic E-state index is -2.43. The molecule has 0 spiro atoms. The van der Waals surface area contributed by atoms with Gasteiger partial charge >= 0.3 is 0 Å². The molecule has 1 aliphatic rings. The number of oxime groups is 1. The molecule has 0 fully saturated rings. The van der Waals surface area contributed by atoms with Crippen LogP contribution in [0.1, 0.15) is 23.1 Å². The Morgan fingerprint density at radius 1 is 1.56 bits per heavy atom. The summed E-state index contributed by atoms with van der Waals surface area (Å²) in [5.41, 5.74) is 3.34. The summed E-state index contributed by atoms with van der Waals surface area (Å²) in [7, 11) is -2.43. The normalized spacial score (nSPS) is 15.0. The molecule has 1 heterocycles. The van der Waals surface area contributed by atoms with E-state index in [-0.39, 0.29) is 5.75 Å². The van der Waals surface area contributed by atoms with Crippen molar-refractivity contribution in [2.45, 2.75) is 19.1 Å². The number of benzene rings is 1. The highest BCUT2D eigenvalue weighted by atomic mass is 32.2. The molecule has 0 saturated carbocycles. The van der Waals surface area contributed by atoms with Crippen molar-refractivity contribution in [1.29, 1.82) is 0 Å². The van der Waals surface area contributed by atoms with Crippen LogP contribution < -0.4 is 0 Å². The first kappa shape index (κ1) is 11.1. The van der Waals surface area contributed by atoms with Gasteiger partial charge in [-0.3, -0.25) is 0 Å². The van der Waals surface area contributed by atoms with Gasteiger partial charge in [0.2, 0.25) is 0 Å². The highest BCUT2D eigenvalue weighted by Gasteiger charge is 2.15. The second-order valence-corrected chi connectivity index (χ2v) is 4.65. The lowest BCUT2D eigenvalue weighted by atomic mass is 10.0. The summed E-state index contributed by atoms with van der Waals surface area (Å²) in [6, 6.07) is 6.68. The molecule has 0 saturated heterocycles. The third kappa shape index (κ3) is 2.41. The fraction of sp³-hybridized carbons (Fsp3) is 0.364. The molecule has 0 atom stereocenters. The van der Waals surface area contributed by atoms with Gasteiger partial charge in [0.25, 0.3) is 0 Å². The van der Waals surface area contributed by atoms with E-state index in [0.717, 1.165) is 28.8 Å². The van der Waals surface area contributed by atoms with Gasteiger partial charge in [0.15, 0.2) is 0 Å². The summed E-state index contributed by atoms with van der Waals surface area (Å²) in [6.07, 6.45) is 0.722. The standard InChI is InChI=1S/C11H12NO3S/c1-8-2-3-10(11-4-5-15-12-11)9(6-8)7-16(13)14/h3,6,16H,4-5,7H2,1H3. The molecule has 0 unspecified atom stereocenters. The Labute approximate surface area is 95.9 Å². The summed E-state index contributed by atoms with van der Waals surface area (Å²) < 4.78 is 21.6. The van der Waals surface area contributed by atoms with Crippen molar-refractivity contribution >= 4 is 16.4 Å². The largest absolute Gasteiger partial charge is 0.395 e. The van der Waals surface area contributed by atoms with Crippen molar-refractivity contribution in [2.24, 2.45) is 5.16 Å². The minimum Gasteiger partial charge on any atom is -0.395 e. The van der Waals surface area contributed by atoms with Gasteiger partial charge in [0, 0.05) is 12.0 Å². The molecule has 1 aromatic carbocycles. The van der Waals surface area contributed by atoms with Gasteiger partial charge < -0.3 is 4.84 Å². The van der Waals surface area contributed by atoms with Crippen LogP contribution in [0.25, 0.3) is 0 Å². The SMILES string of the molecule is Cc1[c]cc(C2=NOCC2)c(C[SH](=O)=O)c1. The number of hydrogen-bond acceptors (Lipinski definition) is 4. The Hall–Kier alpha value is -1.36. The van der Waals surface area contributed by atoms with Crippen molar-refractivity contribution in [1.82, 2.24) is 0 Å². The summed E-state index contributed by atoms with van der Waals surface area (Å²) in [6.45, 7) is 2.45. The third-order valence-electron chi connectivity index (χ3n) is 2.40. The summed E-state index contributed by atoms with van der Waals surface area (Å²) in [5.74, 6) is 0.0409. The smallest absolute Gasteiger partial charge is 0.144 e. The lowest BCUT2D eigenvalue weighted by Gasteiger charge is -2.06. The molecule has 0 amide bonds. The fourth-order valence-electron chi connectivity index (χ4n) is 1.69. The minimum absolute atomic E-state index is 0.0409. The number of aryl methyl sites for hydroxylation is 1. The second kappa shape index (κ2) is 4.65. The molecule has 16 heavy (non-hydrogen) atoms. The lowest BCUT2D eigenvalue weighted by Crippen LogP contribution is -2.04. The molecule has 4 nitrogen and oxygen atoms in total. The van der Waals surface area contributed by atoms with Gasteiger partial charge in [0.05, 0.1) is 11.5 Å². The summed E-state index contributed by atoms with van der Waals surface area (Å²) in [4.78, 5) is 4.92. The molecule has 5 heteroatoms. The van der Waals surface area contributed by atoms with E-state index in [2.05, 4.69) is 11.2 Å². The van der Waals surface area contributed by atoms with Crippen LogP contribution >= 0.6 is 0 Å². The third-order valence-corrected chi connectivity index (χ3v) is 2.99. The molecular weight excluding hydrogens is 226 g/mol. The Kier molecular flexibility index (Phi) is 3.24. The average Bonchev–Trinajstić information content (AvgIpc) is 2.69. The van der Waals surface area contributed by atoms with E-state index in [1.807, 2.05) is 13.0 Å². The van der Waals surface area contributed by atoms with E-state index in [1.165, 1.54) is 0 Å². The van der Waals surface area contributed by atoms with Gasteiger partial charge in [-0.05, 0) is 30.2 Å². The van der Waals surface area contributed by atoms with Crippen LogP contribution in [-0.2, 0) is 21.3 Å². The van der Waals surface area contributed by atoms with Gasteiger partial charge in [-0.25, -0.2) is 8.42 Å². The Balaban J connectivity index is 2.42. The van der Waals surface area contributed by atoms with Gasteiger partial charge in [-0.2, -0.15) is 0 Å². The monoisotopic (exact) mass is 238 g/mol. The van der Waals surface area contributed by atoms with E-state index < -0.39 is 10.7 Å². The number of nitrogens with zero attached hydrogens (tertiary/aromatic N) is 1. The van der Waals surface area contributed by atoms with Crippen molar-refractivity contribution < 1.29 is 13.3 Å². The maximum absolute atomic E-state index is 10.8. The first-order chi connectivity index (χ1) is 7.66. The van der Waals surface area contributed by atoms with Crippen LogP contribution in [0.5, 0.6) is 0 Å². The second-order valence-electron chi connectivity index (χ2n) is 3.67. The predicted octanol–water partition coefficient (Wildman–Crippen LogP) is 1.03. The maximum Gasteiger partial charge on any atom is 0.144 e. The molecule has 85 valence electrons. The quantitative estimate of drug-likeness (QED) is 0.800. The van der Waals surface area contributed by atoms with Crippen molar-refractivity contribution in [3.8, 4) is 0 Å². The van der Waals surface area contributed by atoms with Crippen LogP contribution in [0.4, 0.5) is 0 Å². The molecule has 2 rings (SSSR count). The van der Waals surface area contributed by atoms with E-state index in [1.54, 1.807) is 6.07 Å². The summed E-state index contributed by atoms with van der Waals surface area (Å²) in [5, 5.41) is 3.90. The van der Waals surface area contributed by atoms with Crippen molar-refractivity contribution in [2.75, 3.05) is 6.61 Å². The Morgan fingerprint density at radius 3 is 3.00 bits per heavy atom. The molecule has 0 aliphatic carbocycles. The average molecular weight is 238 g/mol. The lowest BCUT2D eigenvalue weighted by molar-refractivity contribution is 0.174. The zero-order valence-electron chi connectivity index (χ0n) is 8.90. The molecule has 1 aromatic rings. The van der Waals surface area contributed by atoms with E-state index in [9.17, 15) is 8.42 Å². The zero-order valence-corrected chi connectivity index (χ0v) is 9.79. The highest BCUT2D eigenvalue weighted by Crippen LogP contribution is 2.18. The van der Waals surface area contributed by atoms with E-state index in [4.69, 9.17) is 4.84 Å². The molecular formula is C11H12NO3S. The van der Waals surface area contributed by atoms with Crippen LogP contribution in [0, 0.1) is 13.0 Å². The molecule has 0 N–H and O–H groups in total. The van der Waals surface area contributed by atoms with Gasteiger partial charge in [-0.1, -0.05) is 11.2 Å². The van der Waals surface area contributed by atoms with Crippen LogP contribution in [0.2, 0.25) is 0 Å². The Bertz CT molecular complexity index is 498. The van der Waals surface area contributed by atoms with Crippen LogP contribution in [0.3, 0.4) is 0 Å². The number of rotatable bonds is 3. The maximum atomic E-state index is 10.8. The first-order valence-electron chi connectivity index (χ1n) is 4.99. The van der Waals surface area contributed by atoms with Crippen LogP contribution in [-0.4, -0.2) is 20.7 Å². The van der Waals surface area contributed by atoms with Crippen molar-refractivity contribution in [3.63, 3.8) is 0 Å². The number of hydrogen-bond donors (Lipinski definition) is 1. The molecule has 1 aliphatic heterocycles. The van der Waals surface area contributed by atoms with Crippen molar-refractivity contribution in [3.05, 3.63) is 34.9 Å². The zero-order chi connectivity index (χ0) is 11.5.